The van der Waals surface area contributed by atoms with Crippen LogP contribution in [0.1, 0.15) is 27.6 Å². The monoisotopic (exact) mass is 430 g/mol. The van der Waals surface area contributed by atoms with Crippen molar-refractivity contribution in [3.63, 3.8) is 0 Å². The highest BCUT2D eigenvalue weighted by Gasteiger charge is 2.18. The molecule has 0 N–H and O–H groups in total. The van der Waals surface area contributed by atoms with Crippen LogP contribution < -0.4 is 9.47 Å². The average Bonchev–Trinajstić information content (AvgIpc) is 2.50. The van der Waals surface area contributed by atoms with E-state index in [0.29, 0.717) is 24.0 Å². The minimum Gasteiger partial charge on any atom is -0.490 e. The Morgan fingerprint density at radius 3 is 2.68 bits per heavy atom. The lowest BCUT2D eigenvalue weighted by Gasteiger charge is -2.13. The minimum absolute atomic E-state index is 0.110. The first kappa shape index (κ1) is 16.8. The third-order valence-electron chi connectivity index (χ3n) is 2.76. The van der Waals surface area contributed by atoms with E-state index in [-0.39, 0.29) is 16.5 Å². The van der Waals surface area contributed by atoms with Gasteiger partial charge in [0.15, 0.2) is 11.5 Å². The smallest absolute Gasteiger partial charge is 0.344 e. The molecule has 4 nitrogen and oxygen atoms in total. The van der Waals surface area contributed by atoms with Gasteiger partial charge in [-0.25, -0.2) is 4.79 Å². The number of hydrogen-bond donors (Lipinski definition) is 0. The van der Waals surface area contributed by atoms with Gasteiger partial charge in [0.05, 0.1) is 17.2 Å². The van der Waals surface area contributed by atoms with E-state index in [2.05, 4.69) is 22.6 Å². The lowest BCUT2D eigenvalue weighted by atomic mass is 10.2. The van der Waals surface area contributed by atoms with Crippen LogP contribution >= 0.6 is 34.2 Å². The molecule has 0 saturated heterocycles. The number of rotatable bonds is 5. The summed E-state index contributed by atoms with van der Waals surface area (Å²) in [5, 5.41) is 0.146. The Bertz CT molecular complexity index is 715. The second-order valence-corrected chi connectivity index (χ2v) is 5.82. The number of carbonyl (C=O) groups is 2. The van der Waals surface area contributed by atoms with Crippen LogP contribution in [0.4, 0.5) is 0 Å². The molecule has 0 bridgehead atoms. The molecule has 0 aliphatic rings. The van der Waals surface area contributed by atoms with Crippen molar-refractivity contribution in [3.8, 4) is 11.5 Å². The molecule has 0 aromatic heterocycles. The molecule has 0 spiro atoms. The lowest BCUT2D eigenvalue weighted by Crippen LogP contribution is -2.11. The summed E-state index contributed by atoms with van der Waals surface area (Å²) in [6, 6.07) is 9.96. The Labute approximate surface area is 146 Å². The largest absolute Gasteiger partial charge is 0.490 e. The van der Waals surface area contributed by atoms with Crippen LogP contribution in [0.15, 0.2) is 36.4 Å². The van der Waals surface area contributed by atoms with E-state index in [9.17, 15) is 9.59 Å². The maximum absolute atomic E-state index is 12.3. The van der Waals surface area contributed by atoms with E-state index < -0.39 is 5.97 Å². The quantitative estimate of drug-likeness (QED) is 0.306. The van der Waals surface area contributed by atoms with Crippen molar-refractivity contribution >= 4 is 46.4 Å². The molecule has 0 saturated carbocycles. The van der Waals surface area contributed by atoms with Gasteiger partial charge in [-0.2, -0.15) is 0 Å². The Balaban J connectivity index is 2.38. The predicted octanol–water partition coefficient (Wildman–Crippen LogP) is 4.38. The van der Waals surface area contributed by atoms with Gasteiger partial charge >= 0.3 is 5.97 Å². The molecule has 2 aromatic carbocycles. The fraction of sp³-hybridized carbons (Fsp3) is 0.125. The van der Waals surface area contributed by atoms with Gasteiger partial charge < -0.3 is 9.47 Å². The SMILES string of the molecule is CCOc1cc(C=O)cc(Cl)c1OC(=O)c1ccccc1I. The van der Waals surface area contributed by atoms with Gasteiger partial charge in [0, 0.05) is 9.13 Å². The molecule has 114 valence electrons. The maximum Gasteiger partial charge on any atom is 0.344 e. The van der Waals surface area contributed by atoms with Gasteiger partial charge in [0.1, 0.15) is 6.29 Å². The standard InChI is InChI=1S/C16H12ClIO4/c1-2-21-14-8-10(9-19)7-12(17)15(14)22-16(20)11-5-3-4-6-13(11)18/h3-9H,2H2,1H3. The Hall–Kier alpha value is -1.60. The van der Waals surface area contributed by atoms with Crippen molar-refractivity contribution in [2.45, 2.75) is 6.92 Å². The van der Waals surface area contributed by atoms with Crippen LogP contribution in [-0.2, 0) is 0 Å². The number of esters is 1. The molecule has 0 aliphatic carbocycles. The van der Waals surface area contributed by atoms with E-state index in [1.54, 1.807) is 25.1 Å². The molecule has 0 amide bonds. The number of carbonyl (C=O) groups excluding carboxylic acids is 2. The van der Waals surface area contributed by atoms with E-state index in [1.165, 1.54) is 12.1 Å². The highest BCUT2D eigenvalue weighted by atomic mass is 127. The van der Waals surface area contributed by atoms with Crippen LogP contribution in [0.3, 0.4) is 0 Å². The number of hydrogen-bond acceptors (Lipinski definition) is 4. The molecular weight excluding hydrogens is 419 g/mol. The van der Waals surface area contributed by atoms with Crippen molar-refractivity contribution in [1.29, 1.82) is 0 Å². The molecule has 2 rings (SSSR count). The molecule has 0 aliphatic heterocycles. The number of benzene rings is 2. The van der Waals surface area contributed by atoms with Gasteiger partial charge in [-0.15, -0.1) is 0 Å². The van der Waals surface area contributed by atoms with E-state index >= 15 is 0 Å². The van der Waals surface area contributed by atoms with E-state index in [4.69, 9.17) is 21.1 Å². The second kappa shape index (κ2) is 7.60. The third kappa shape index (κ3) is 3.78. The Kier molecular flexibility index (Phi) is 5.79. The summed E-state index contributed by atoms with van der Waals surface area (Å²) in [7, 11) is 0. The summed E-state index contributed by atoms with van der Waals surface area (Å²) in [5.41, 5.74) is 0.781. The zero-order valence-corrected chi connectivity index (χ0v) is 14.6. The lowest BCUT2D eigenvalue weighted by molar-refractivity contribution is 0.0727. The second-order valence-electron chi connectivity index (χ2n) is 4.25. The fourth-order valence-electron chi connectivity index (χ4n) is 1.79. The first-order valence-electron chi connectivity index (χ1n) is 6.45. The molecular formula is C16H12ClIO4. The predicted molar refractivity (Wildman–Crippen MR) is 92.1 cm³/mol. The van der Waals surface area contributed by atoms with Crippen molar-refractivity contribution in [2.24, 2.45) is 0 Å². The van der Waals surface area contributed by atoms with Crippen LogP contribution in [0.2, 0.25) is 5.02 Å². The summed E-state index contributed by atoms with van der Waals surface area (Å²) in [5.74, 6) is -0.165. The van der Waals surface area contributed by atoms with Gasteiger partial charge in [-0.1, -0.05) is 23.7 Å². The summed E-state index contributed by atoms with van der Waals surface area (Å²) >= 11 is 8.15. The summed E-state index contributed by atoms with van der Waals surface area (Å²) < 4.78 is 11.6. The van der Waals surface area contributed by atoms with Gasteiger partial charge in [-0.3, -0.25) is 4.79 Å². The third-order valence-corrected chi connectivity index (χ3v) is 3.98. The molecule has 2 aromatic rings. The zero-order valence-electron chi connectivity index (χ0n) is 11.6. The highest BCUT2D eigenvalue weighted by molar-refractivity contribution is 14.1. The van der Waals surface area contributed by atoms with E-state index in [0.717, 1.165) is 3.57 Å². The highest BCUT2D eigenvalue weighted by Crippen LogP contribution is 2.37. The minimum atomic E-state index is -0.535. The number of ether oxygens (including phenoxy) is 2. The topological polar surface area (TPSA) is 52.6 Å². The van der Waals surface area contributed by atoms with Gasteiger partial charge in [-0.05, 0) is 53.8 Å². The first-order chi connectivity index (χ1) is 10.6. The molecule has 0 radical (unpaired) electrons. The maximum atomic E-state index is 12.3. The van der Waals surface area contributed by atoms with Crippen LogP contribution in [0, 0.1) is 3.57 Å². The molecule has 0 heterocycles. The van der Waals surface area contributed by atoms with Crippen LogP contribution in [0.25, 0.3) is 0 Å². The zero-order chi connectivity index (χ0) is 16.1. The van der Waals surface area contributed by atoms with Gasteiger partial charge in [0.2, 0.25) is 0 Å². The number of halogens is 2. The Morgan fingerprint density at radius 1 is 1.32 bits per heavy atom. The van der Waals surface area contributed by atoms with Crippen LogP contribution in [-0.4, -0.2) is 18.9 Å². The van der Waals surface area contributed by atoms with Crippen molar-refractivity contribution in [1.82, 2.24) is 0 Å². The molecule has 6 heteroatoms. The molecule has 0 fully saturated rings. The number of aldehydes is 1. The van der Waals surface area contributed by atoms with E-state index in [1.807, 2.05) is 6.07 Å². The molecule has 0 unspecified atom stereocenters. The normalized spacial score (nSPS) is 10.1. The molecule has 22 heavy (non-hydrogen) atoms. The van der Waals surface area contributed by atoms with Crippen molar-refractivity contribution in [2.75, 3.05) is 6.61 Å². The average molecular weight is 431 g/mol. The Morgan fingerprint density at radius 2 is 2.05 bits per heavy atom. The van der Waals surface area contributed by atoms with Gasteiger partial charge in [0.25, 0.3) is 0 Å². The van der Waals surface area contributed by atoms with Crippen molar-refractivity contribution < 1.29 is 19.1 Å². The summed E-state index contributed by atoms with van der Waals surface area (Å²) in [6.07, 6.45) is 0.653. The van der Waals surface area contributed by atoms with Crippen molar-refractivity contribution in [3.05, 3.63) is 56.1 Å². The fourth-order valence-corrected chi connectivity index (χ4v) is 2.66. The molecule has 0 atom stereocenters. The van der Waals surface area contributed by atoms with Crippen LogP contribution in [0.5, 0.6) is 11.5 Å². The summed E-state index contributed by atoms with van der Waals surface area (Å²) in [6.45, 7) is 2.14. The summed E-state index contributed by atoms with van der Waals surface area (Å²) in [4.78, 5) is 23.2. The first-order valence-corrected chi connectivity index (χ1v) is 7.90.